The Bertz CT molecular complexity index is 1560. The highest BCUT2D eigenvalue weighted by Crippen LogP contribution is 2.31. The molecule has 204 valence electrons. The van der Waals surface area contributed by atoms with E-state index < -0.39 is 23.5 Å². The van der Waals surface area contributed by atoms with Crippen LogP contribution in [-0.4, -0.2) is 52.8 Å². The van der Waals surface area contributed by atoms with Crippen LogP contribution < -0.4 is 11.0 Å². The van der Waals surface area contributed by atoms with Crippen LogP contribution in [0.3, 0.4) is 0 Å². The first kappa shape index (κ1) is 26.1. The Balaban J connectivity index is 1.35. The van der Waals surface area contributed by atoms with Gasteiger partial charge in [-0.3, -0.25) is 4.57 Å². The maximum Gasteiger partial charge on any atom is 0.419 e. The number of ether oxygens (including phenoxy) is 2. The summed E-state index contributed by atoms with van der Waals surface area (Å²) in [4.78, 5) is 53.1. The second-order valence-corrected chi connectivity index (χ2v) is 10.3. The number of aromatic amines is 1. The molecule has 0 spiro atoms. The first-order valence-electron chi connectivity index (χ1n) is 12.5. The molecule has 1 fully saturated rings. The Hall–Kier alpha value is -4.55. The van der Waals surface area contributed by atoms with Crippen molar-refractivity contribution in [2.24, 2.45) is 0 Å². The number of H-pyrrole nitrogens is 1. The van der Waals surface area contributed by atoms with Crippen molar-refractivity contribution in [3.63, 3.8) is 0 Å². The van der Waals surface area contributed by atoms with E-state index in [1.54, 1.807) is 25.3 Å². The highest BCUT2D eigenvalue weighted by Gasteiger charge is 2.28. The largest absolute Gasteiger partial charge is 0.456 e. The van der Waals surface area contributed by atoms with Gasteiger partial charge in [0.2, 0.25) is 5.95 Å². The summed E-state index contributed by atoms with van der Waals surface area (Å²) in [5, 5.41) is 2.90. The number of fused-ring (bicyclic) bond motifs is 1. The number of hydrogen-bond donors (Lipinski definition) is 2. The van der Waals surface area contributed by atoms with Crippen molar-refractivity contribution in [1.82, 2.24) is 29.1 Å². The molecule has 13 heteroatoms. The number of esters is 1. The fourth-order valence-electron chi connectivity index (χ4n) is 4.56. The van der Waals surface area contributed by atoms with Crippen LogP contribution in [-0.2, 0) is 9.47 Å². The van der Waals surface area contributed by atoms with Gasteiger partial charge in [-0.25, -0.2) is 33.3 Å². The summed E-state index contributed by atoms with van der Waals surface area (Å²) in [6, 6.07) is 3.47. The van der Waals surface area contributed by atoms with Gasteiger partial charge in [-0.1, -0.05) is 0 Å². The van der Waals surface area contributed by atoms with Crippen LogP contribution in [0.2, 0.25) is 0 Å². The molecule has 3 aromatic heterocycles. The molecule has 0 radical (unpaired) electrons. The molecule has 0 bridgehead atoms. The molecule has 12 nitrogen and oxygen atoms in total. The van der Waals surface area contributed by atoms with Crippen molar-refractivity contribution < 1.29 is 23.5 Å². The maximum absolute atomic E-state index is 14.1. The molecule has 1 saturated carbocycles. The van der Waals surface area contributed by atoms with Gasteiger partial charge in [0.05, 0.1) is 17.4 Å². The SMILES string of the molecule is CC(C)(C)OC(=O)c1ccc(F)cc1Nc1ncc2[nH]c(=O)n([C@H]3CC[C@H](OC(=O)n4ccnc4)CC3)c2n1. The molecule has 1 aliphatic carbocycles. The fourth-order valence-corrected chi connectivity index (χ4v) is 4.56. The van der Waals surface area contributed by atoms with Crippen LogP contribution in [0.25, 0.3) is 11.2 Å². The zero-order valence-corrected chi connectivity index (χ0v) is 21.7. The van der Waals surface area contributed by atoms with Crippen LogP contribution in [0.15, 0.2) is 47.9 Å². The number of hydrogen-bond acceptors (Lipinski definition) is 9. The van der Waals surface area contributed by atoms with Crippen LogP contribution in [0.1, 0.15) is 62.9 Å². The van der Waals surface area contributed by atoms with Gasteiger partial charge in [-0.15, -0.1) is 0 Å². The molecular weight excluding hydrogens is 509 g/mol. The smallest absolute Gasteiger partial charge is 0.419 e. The number of anilines is 2. The number of carbonyl (C=O) groups excluding carboxylic acids is 2. The zero-order chi connectivity index (χ0) is 27.7. The van der Waals surface area contributed by atoms with Gasteiger partial charge in [0.25, 0.3) is 0 Å². The van der Waals surface area contributed by atoms with Gasteiger partial charge in [-0.05, 0) is 64.7 Å². The average molecular weight is 538 g/mol. The molecule has 0 atom stereocenters. The number of carbonyl (C=O) groups is 2. The Morgan fingerprint density at radius 1 is 1.18 bits per heavy atom. The first-order chi connectivity index (χ1) is 18.6. The molecule has 39 heavy (non-hydrogen) atoms. The third kappa shape index (κ3) is 5.81. The van der Waals surface area contributed by atoms with Gasteiger partial charge in [0, 0.05) is 18.4 Å². The number of aromatic nitrogens is 6. The van der Waals surface area contributed by atoms with Crippen molar-refractivity contribution in [3.8, 4) is 0 Å². The van der Waals surface area contributed by atoms with Crippen molar-refractivity contribution in [3.05, 3.63) is 65.0 Å². The normalized spacial score (nSPS) is 17.6. The standard InChI is InChI=1S/C26H28FN7O5/c1-26(2,3)39-22(35)18-9-4-15(27)12-19(18)30-23-29-13-20-21(32-23)34(24(36)31-20)16-5-7-17(8-6-16)38-25(37)33-11-10-28-14-33/h4,9-14,16-17H,5-8H2,1-3H3,(H,31,36)(H,29,30,32)/t16-,17-. The maximum atomic E-state index is 14.1. The van der Waals surface area contributed by atoms with E-state index in [2.05, 4.69) is 25.3 Å². The number of nitrogens with one attached hydrogen (secondary N) is 2. The quantitative estimate of drug-likeness (QED) is 0.355. The lowest BCUT2D eigenvalue weighted by atomic mass is 9.93. The van der Waals surface area contributed by atoms with Gasteiger partial charge < -0.3 is 19.8 Å². The molecule has 3 heterocycles. The van der Waals surface area contributed by atoms with Crippen LogP contribution in [0.4, 0.5) is 20.8 Å². The third-order valence-electron chi connectivity index (χ3n) is 6.30. The Kier molecular flexibility index (Phi) is 6.89. The lowest BCUT2D eigenvalue weighted by Gasteiger charge is -2.28. The summed E-state index contributed by atoms with van der Waals surface area (Å²) in [6.45, 7) is 5.21. The van der Waals surface area contributed by atoms with Crippen LogP contribution >= 0.6 is 0 Å². The Morgan fingerprint density at radius 2 is 1.95 bits per heavy atom. The van der Waals surface area contributed by atoms with Gasteiger partial charge >= 0.3 is 17.8 Å². The van der Waals surface area contributed by atoms with E-state index in [-0.39, 0.29) is 35.0 Å². The lowest BCUT2D eigenvalue weighted by Crippen LogP contribution is -2.30. The number of nitrogens with zero attached hydrogens (tertiary/aromatic N) is 5. The molecule has 4 aromatic rings. The van der Waals surface area contributed by atoms with E-state index in [9.17, 15) is 18.8 Å². The van der Waals surface area contributed by atoms with Crippen LogP contribution in [0.5, 0.6) is 0 Å². The summed E-state index contributed by atoms with van der Waals surface area (Å²) in [6.07, 6.45) is 7.41. The topological polar surface area (TPSA) is 146 Å². The predicted molar refractivity (Wildman–Crippen MR) is 138 cm³/mol. The molecule has 5 rings (SSSR count). The number of halogens is 1. The van der Waals surface area contributed by atoms with Gasteiger partial charge in [0.15, 0.2) is 5.65 Å². The minimum atomic E-state index is -0.740. The second kappa shape index (κ2) is 10.3. The summed E-state index contributed by atoms with van der Waals surface area (Å²) >= 11 is 0. The fraction of sp³-hybridized carbons (Fsp3) is 0.385. The minimum Gasteiger partial charge on any atom is -0.456 e. The van der Waals surface area contributed by atoms with Crippen molar-refractivity contribution in [2.45, 2.75) is 64.2 Å². The minimum absolute atomic E-state index is 0.0774. The number of imidazole rings is 2. The highest BCUT2D eigenvalue weighted by atomic mass is 19.1. The van der Waals surface area contributed by atoms with E-state index in [0.29, 0.717) is 36.8 Å². The van der Waals surface area contributed by atoms with E-state index in [1.807, 2.05) is 0 Å². The second-order valence-electron chi connectivity index (χ2n) is 10.3. The molecular formula is C26H28FN7O5. The Morgan fingerprint density at radius 3 is 2.64 bits per heavy atom. The molecule has 0 amide bonds. The van der Waals surface area contributed by atoms with Gasteiger partial charge in [-0.2, -0.15) is 4.98 Å². The van der Waals surface area contributed by atoms with Crippen molar-refractivity contribution >= 4 is 34.9 Å². The summed E-state index contributed by atoms with van der Waals surface area (Å²) in [5.41, 5.74) is -0.0259. The van der Waals surface area contributed by atoms with Gasteiger partial charge in [0.1, 0.15) is 29.4 Å². The molecule has 1 aromatic carbocycles. The number of benzene rings is 1. The number of rotatable bonds is 5. The summed E-state index contributed by atoms with van der Waals surface area (Å²) in [5.74, 6) is -1.11. The molecule has 0 unspecified atom stereocenters. The van der Waals surface area contributed by atoms with Crippen molar-refractivity contribution in [1.29, 1.82) is 0 Å². The molecule has 1 aliphatic rings. The van der Waals surface area contributed by atoms with E-state index in [1.165, 1.54) is 41.6 Å². The summed E-state index contributed by atoms with van der Waals surface area (Å²) in [7, 11) is 0. The Labute approximate surface area is 222 Å². The highest BCUT2D eigenvalue weighted by molar-refractivity contribution is 5.96. The lowest BCUT2D eigenvalue weighted by molar-refractivity contribution is 0.00705. The van der Waals surface area contributed by atoms with Crippen LogP contribution in [0, 0.1) is 5.82 Å². The predicted octanol–water partition coefficient (Wildman–Crippen LogP) is 4.32. The van der Waals surface area contributed by atoms with Crippen molar-refractivity contribution in [2.75, 3.05) is 5.32 Å². The van der Waals surface area contributed by atoms with E-state index in [4.69, 9.17) is 9.47 Å². The van der Waals surface area contributed by atoms with E-state index in [0.717, 1.165) is 6.07 Å². The summed E-state index contributed by atoms with van der Waals surface area (Å²) < 4.78 is 27.9. The van der Waals surface area contributed by atoms with E-state index >= 15 is 0 Å². The average Bonchev–Trinajstić information content (AvgIpc) is 3.51. The molecule has 0 aliphatic heterocycles. The molecule has 2 N–H and O–H groups in total. The molecule has 0 saturated heterocycles. The third-order valence-corrected chi connectivity index (χ3v) is 6.30. The monoisotopic (exact) mass is 537 g/mol. The zero-order valence-electron chi connectivity index (χ0n) is 21.7. The first-order valence-corrected chi connectivity index (χ1v) is 12.5.